The number of amides is 2. The summed E-state index contributed by atoms with van der Waals surface area (Å²) in [6.07, 6.45) is -4.70. The number of nitrogens with one attached hydrogen (secondary N) is 1. The highest BCUT2D eigenvalue weighted by Gasteiger charge is 2.38. The summed E-state index contributed by atoms with van der Waals surface area (Å²) in [5.41, 5.74) is 1.12. The van der Waals surface area contributed by atoms with Crippen molar-refractivity contribution in [2.75, 3.05) is 44.8 Å². The third-order valence-corrected chi connectivity index (χ3v) is 6.10. The van der Waals surface area contributed by atoms with Crippen LogP contribution in [-0.4, -0.2) is 62.7 Å². The van der Waals surface area contributed by atoms with Crippen molar-refractivity contribution in [3.63, 3.8) is 0 Å². The highest BCUT2D eigenvalue weighted by Crippen LogP contribution is 2.35. The molecule has 1 fully saturated rings. The molecule has 1 aliphatic heterocycles. The summed E-state index contributed by atoms with van der Waals surface area (Å²) in [6, 6.07) is 9.40. The largest absolute Gasteiger partial charge is 0.417 e. The molecule has 1 heterocycles. The maximum atomic E-state index is 13.5. The van der Waals surface area contributed by atoms with Gasteiger partial charge < -0.3 is 19.9 Å². The van der Waals surface area contributed by atoms with E-state index in [2.05, 4.69) is 5.32 Å². The number of carbonyl (C=O) groups is 2. The van der Waals surface area contributed by atoms with Gasteiger partial charge in [0.05, 0.1) is 23.8 Å². The molecule has 186 valence electrons. The number of halogens is 3. The van der Waals surface area contributed by atoms with E-state index in [0.717, 1.165) is 23.3 Å². The molecule has 35 heavy (non-hydrogen) atoms. The Morgan fingerprint density at radius 3 is 2.51 bits per heavy atom. The van der Waals surface area contributed by atoms with Crippen LogP contribution in [0.3, 0.4) is 0 Å². The summed E-state index contributed by atoms with van der Waals surface area (Å²) >= 11 is 0. The van der Waals surface area contributed by atoms with Crippen molar-refractivity contribution in [3.05, 3.63) is 64.2 Å². The number of hydrogen-bond acceptors (Lipinski definition) is 5. The zero-order valence-electron chi connectivity index (χ0n) is 19.8. The maximum Gasteiger partial charge on any atom is 0.417 e. The van der Waals surface area contributed by atoms with Crippen LogP contribution in [0, 0.1) is 25.2 Å². The van der Waals surface area contributed by atoms with Gasteiger partial charge in [-0.3, -0.25) is 9.59 Å². The quantitative estimate of drug-likeness (QED) is 0.631. The van der Waals surface area contributed by atoms with Gasteiger partial charge in [0.1, 0.15) is 6.04 Å². The lowest BCUT2D eigenvalue weighted by molar-refractivity contribution is -0.137. The SMILES string of the molecule is COCCNC(=O)C1CN(c2ccc(C#N)c(C(F)(F)F)c2)CCN1C(=O)c1ccc(C)c(C)c1. The second-order valence-corrected chi connectivity index (χ2v) is 8.38. The van der Waals surface area contributed by atoms with E-state index in [9.17, 15) is 22.8 Å². The van der Waals surface area contributed by atoms with Gasteiger partial charge in [-0.2, -0.15) is 18.4 Å². The summed E-state index contributed by atoms with van der Waals surface area (Å²) in [6.45, 7) is 4.68. The summed E-state index contributed by atoms with van der Waals surface area (Å²) in [4.78, 5) is 29.5. The van der Waals surface area contributed by atoms with Crippen LogP contribution in [0.2, 0.25) is 0 Å². The normalized spacial score (nSPS) is 16.1. The number of ether oxygens (including phenoxy) is 1. The van der Waals surface area contributed by atoms with Crippen LogP contribution in [0.1, 0.15) is 32.6 Å². The average Bonchev–Trinajstić information content (AvgIpc) is 2.84. The molecule has 1 aliphatic rings. The maximum absolute atomic E-state index is 13.5. The standard InChI is InChI=1S/C25H27F3N4O3/c1-16-4-5-18(12-17(16)2)24(34)32-10-9-31(15-22(32)23(33)30-8-11-35-3)20-7-6-19(14-29)21(13-20)25(26,27)28/h4-7,12-13,22H,8-11,15H2,1-3H3,(H,30,33). The first kappa shape index (κ1) is 26.0. The van der Waals surface area contributed by atoms with E-state index in [-0.39, 0.29) is 44.4 Å². The molecule has 1 atom stereocenters. The van der Waals surface area contributed by atoms with Gasteiger partial charge in [-0.15, -0.1) is 0 Å². The van der Waals surface area contributed by atoms with Crippen molar-refractivity contribution in [3.8, 4) is 6.07 Å². The number of piperazine rings is 1. The minimum atomic E-state index is -4.70. The number of nitrogens with zero attached hydrogens (tertiary/aromatic N) is 3. The van der Waals surface area contributed by atoms with Gasteiger partial charge in [0, 0.05) is 44.5 Å². The van der Waals surface area contributed by atoms with Crippen LogP contribution in [0.4, 0.5) is 18.9 Å². The fraction of sp³-hybridized carbons (Fsp3) is 0.400. The Hall–Kier alpha value is -3.58. The Morgan fingerprint density at radius 1 is 1.14 bits per heavy atom. The van der Waals surface area contributed by atoms with E-state index in [0.29, 0.717) is 5.56 Å². The Kier molecular flexibility index (Phi) is 8.02. The first-order chi connectivity index (χ1) is 16.6. The van der Waals surface area contributed by atoms with E-state index < -0.39 is 29.3 Å². The number of carbonyl (C=O) groups excluding carboxylic acids is 2. The highest BCUT2D eigenvalue weighted by atomic mass is 19.4. The number of anilines is 1. The summed E-state index contributed by atoms with van der Waals surface area (Å²) < 4.78 is 45.4. The van der Waals surface area contributed by atoms with Gasteiger partial charge in [0.2, 0.25) is 5.91 Å². The van der Waals surface area contributed by atoms with Crippen LogP contribution in [0.25, 0.3) is 0 Å². The minimum absolute atomic E-state index is 0.00139. The van der Waals surface area contributed by atoms with Crippen LogP contribution in [0.15, 0.2) is 36.4 Å². The number of hydrogen-bond donors (Lipinski definition) is 1. The number of aryl methyl sites for hydroxylation is 2. The number of nitriles is 1. The van der Waals surface area contributed by atoms with Gasteiger partial charge in [-0.1, -0.05) is 6.07 Å². The fourth-order valence-electron chi connectivity index (χ4n) is 3.98. The van der Waals surface area contributed by atoms with Crippen molar-refractivity contribution in [1.29, 1.82) is 5.26 Å². The fourth-order valence-corrected chi connectivity index (χ4v) is 3.98. The van der Waals surface area contributed by atoms with Crippen molar-refractivity contribution in [2.24, 2.45) is 0 Å². The van der Waals surface area contributed by atoms with Crippen molar-refractivity contribution < 1.29 is 27.5 Å². The minimum Gasteiger partial charge on any atom is -0.383 e. The number of methoxy groups -OCH3 is 1. The molecule has 0 radical (unpaired) electrons. The third-order valence-electron chi connectivity index (χ3n) is 6.10. The van der Waals surface area contributed by atoms with Gasteiger partial charge in [0.25, 0.3) is 5.91 Å². The Morgan fingerprint density at radius 2 is 1.89 bits per heavy atom. The van der Waals surface area contributed by atoms with Crippen LogP contribution in [-0.2, 0) is 15.7 Å². The molecule has 2 aromatic carbocycles. The molecule has 0 bridgehead atoms. The monoisotopic (exact) mass is 488 g/mol. The van der Waals surface area contributed by atoms with Gasteiger partial charge in [-0.25, -0.2) is 0 Å². The predicted octanol–water partition coefficient (Wildman–Crippen LogP) is 3.29. The van der Waals surface area contributed by atoms with Crippen molar-refractivity contribution in [2.45, 2.75) is 26.1 Å². The number of alkyl halides is 3. The topological polar surface area (TPSA) is 85.7 Å². The molecule has 3 rings (SSSR count). The highest BCUT2D eigenvalue weighted by molar-refractivity contribution is 5.98. The molecule has 0 saturated carbocycles. The molecule has 1 N–H and O–H groups in total. The van der Waals surface area contributed by atoms with Crippen LogP contribution < -0.4 is 10.2 Å². The number of rotatable bonds is 6. The molecule has 0 spiro atoms. The molecule has 2 aromatic rings. The van der Waals surface area contributed by atoms with Crippen molar-refractivity contribution in [1.82, 2.24) is 10.2 Å². The second kappa shape index (κ2) is 10.8. The smallest absolute Gasteiger partial charge is 0.383 e. The molecular weight excluding hydrogens is 461 g/mol. The molecule has 1 unspecified atom stereocenters. The Balaban J connectivity index is 1.91. The average molecular weight is 489 g/mol. The van der Waals surface area contributed by atoms with E-state index in [1.165, 1.54) is 18.1 Å². The zero-order valence-corrected chi connectivity index (χ0v) is 19.8. The summed E-state index contributed by atoms with van der Waals surface area (Å²) in [7, 11) is 1.49. The molecule has 2 amide bonds. The molecule has 10 heteroatoms. The molecule has 7 nitrogen and oxygen atoms in total. The van der Waals surface area contributed by atoms with E-state index in [1.807, 2.05) is 19.9 Å². The third kappa shape index (κ3) is 5.92. The molecular formula is C25H27F3N4O3. The summed E-state index contributed by atoms with van der Waals surface area (Å²) in [5, 5.41) is 11.8. The summed E-state index contributed by atoms with van der Waals surface area (Å²) in [5.74, 6) is -0.746. The van der Waals surface area contributed by atoms with Crippen LogP contribution in [0.5, 0.6) is 0 Å². The first-order valence-corrected chi connectivity index (χ1v) is 11.1. The zero-order chi connectivity index (χ0) is 25.8. The van der Waals surface area contributed by atoms with E-state index in [4.69, 9.17) is 10.00 Å². The molecule has 0 aliphatic carbocycles. The van der Waals surface area contributed by atoms with E-state index in [1.54, 1.807) is 23.1 Å². The lowest BCUT2D eigenvalue weighted by Gasteiger charge is -2.41. The van der Waals surface area contributed by atoms with Gasteiger partial charge in [0.15, 0.2) is 0 Å². The van der Waals surface area contributed by atoms with E-state index >= 15 is 0 Å². The van der Waals surface area contributed by atoms with Gasteiger partial charge in [-0.05, 0) is 55.3 Å². The first-order valence-electron chi connectivity index (χ1n) is 11.1. The predicted molar refractivity (Wildman–Crippen MR) is 124 cm³/mol. The van der Waals surface area contributed by atoms with Crippen LogP contribution >= 0.6 is 0 Å². The van der Waals surface area contributed by atoms with Crippen molar-refractivity contribution >= 4 is 17.5 Å². The lowest BCUT2D eigenvalue weighted by atomic mass is 10.0. The second-order valence-electron chi connectivity index (χ2n) is 8.38. The Labute approximate surface area is 202 Å². The Bertz CT molecular complexity index is 1140. The molecule has 0 aromatic heterocycles. The number of benzene rings is 2. The van der Waals surface area contributed by atoms with Gasteiger partial charge >= 0.3 is 6.18 Å². The lowest BCUT2D eigenvalue weighted by Crippen LogP contribution is -2.61. The molecule has 1 saturated heterocycles.